The standard InChI is InChI=1S/C10H16BrN3/c1-2-14-9(7-11)12-13-10(14)8-5-3-4-6-8/h8H,2-7H2,1H3. The molecule has 0 unspecified atom stereocenters. The Morgan fingerprint density at radius 2 is 2.07 bits per heavy atom. The molecule has 0 bridgehead atoms. The minimum atomic E-state index is 0.662. The van der Waals surface area contributed by atoms with Crippen LogP contribution in [0.1, 0.15) is 50.2 Å². The third kappa shape index (κ3) is 1.72. The summed E-state index contributed by atoms with van der Waals surface area (Å²) >= 11 is 3.45. The highest BCUT2D eigenvalue weighted by Gasteiger charge is 2.23. The molecule has 78 valence electrons. The number of hydrogen-bond acceptors (Lipinski definition) is 2. The Bertz CT molecular complexity index is 302. The third-order valence-corrected chi connectivity index (χ3v) is 3.51. The molecule has 14 heavy (non-hydrogen) atoms. The van der Waals surface area contributed by atoms with Gasteiger partial charge in [0, 0.05) is 12.5 Å². The summed E-state index contributed by atoms with van der Waals surface area (Å²) in [7, 11) is 0. The second-order valence-electron chi connectivity index (χ2n) is 3.83. The van der Waals surface area contributed by atoms with Crippen LogP contribution < -0.4 is 0 Å². The lowest BCUT2D eigenvalue weighted by atomic mass is 10.1. The van der Waals surface area contributed by atoms with E-state index in [1.54, 1.807) is 0 Å². The Kier molecular flexibility index (Phi) is 3.21. The van der Waals surface area contributed by atoms with Crippen LogP contribution in [0.15, 0.2) is 0 Å². The fourth-order valence-electron chi connectivity index (χ4n) is 2.28. The van der Waals surface area contributed by atoms with Crippen LogP contribution in [0.25, 0.3) is 0 Å². The van der Waals surface area contributed by atoms with Gasteiger partial charge in [0.1, 0.15) is 11.6 Å². The first-order chi connectivity index (χ1) is 6.86. The van der Waals surface area contributed by atoms with Crippen molar-refractivity contribution in [1.82, 2.24) is 14.8 Å². The minimum absolute atomic E-state index is 0.662. The quantitative estimate of drug-likeness (QED) is 0.780. The molecule has 1 heterocycles. The van der Waals surface area contributed by atoms with Gasteiger partial charge in [-0.2, -0.15) is 0 Å². The molecule has 1 fully saturated rings. The average molecular weight is 258 g/mol. The lowest BCUT2D eigenvalue weighted by Gasteiger charge is -2.10. The summed E-state index contributed by atoms with van der Waals surface area (Å²) in [6.45, 7) is 3.15. The maximum absolute atomic E-state index is 4.32. The molecule has 1 aromatic rings. The zero-order valence-electron chi connectivity index (χ0n) is 8.54. The van der Waals surface area contributed by atoms with E-state index in [2.05, 4.69) is 37.6 Å². The number of alkyl halides is 1. The highest BCUT2D eigenvalue weighted by atomic mass is 79.9. The van der Waals surface area contributed by atoms with Crippen molar-refractivity contribution in [2.45, 2.75) is 50.4 Å². The SMILES string of the molecule is CCn1c(CBr)nnc1C1CCCC1. The van der Waals surface area contributed by atoms with Gasteiger partial charge >= 0.3 is 0 Å². The van der Waals surface area contributed by atoms with E-state index in [0.29, 0.717) is 5.92 Å². The lowest BCUT2D eigenvalue weighted by Crippen LogP contribution is -2.07. The summed E-state index contributed by atoms with van der Waals surface area (Å²) in [5, 5.41) is 9.35. The zero-order valence-corrected chi connectivity index (χ0v) is 10.1. The molecule has 4 heteroatoms. The van der Waals surface area contributed by atoms with E-state index in [4.69, 9.17) is 0 Å². The monoisotopic (exact) mass is 257 g/mol. The first-order valence-electron chi connectivity index (χ1n) is 5.34. The molecular weight excluding hydrogens is 242 g/mol. The van der Waals surface area contributed by atoms with Crippen molar-refractivity contribution in [2.24, 2.45) is 0 Å². The molecule has 3 nitrogen and oxygen atoms in total. The van der Waals surface area contributed by atoms with E-state index >= 15 is 0 Å². The topological polar surface area (TPSA) is 30.7 Å². The smallest absolute Gasteiger partial charge is 0.143 e. The molecule has 0 radical (unpaired) electrons. The molecule has 0 saturated heterocycles. The van der Waals surface area contributed by atoms with Gasteiger partial charge in [-0.15, -0.1) is 10.2 Å². The molecular formula is C10H16BrN3. The van der Waals surface area contributed by atoms with Crippen molar-refractivity contribution < 1.29 is 0 Å². The van der Waals surface area contributed by atoms with Gasteiger partial charge in [0.05, 0.1) is 5.33 Å². The van der Waals surface area contributed by atoms with Crippen molar-refractivity contribution in [3.05, 3.63) is 11.6 Å². The maximum Gasteiger partial charge on any atom is 0.143 e. The van der Waals surface area contributed by atoms with Gasteiger partial charge in [0.15, 0.2) is 0 Å². The van der Waals surface area contributed by atoms with Gasteiger partial charge in [0.25, 0.3) is 0 Å². The van der Waals surface area contributed by atoms with Crippen molar-refractivity contribution in [3.8, 4) is 0 Å². The predicted octanol–water partition coefficient (Wildman–Crippen LogP) is 2.85. The fourth-order valence-corrected chi connectivity index (χ4v) is 2.69. The van der Waals surface area contributed by atoms with Gasteiger partial charge in [0.2, 0.25) is 0 Å². The highest BCUT2D eigenvalue weighted by molar-refractivity contribution is 9.08. The first kappa shape index (κ1) is 10.1. The van der Waals surface area contributed by atoms with Crippen LogP contribution in [0.3, 0.4) is 0 Å². The van der Waals surface area contributed by atoms with Gasteiger partial charge in [-0.25, -0.2) is 0 Å². The number of halogens is 1. The van der Waals surface area contributed by atoms with E-state index in [-0.39, 0.29) is 0 Å². The van der Waals surface area contributed by atoms with E-state index in [9.17, 15) is 0 Å². The Hall–Kier alpha value is -0.380. The number of rotatable bonds is 3. The van der Waals surface area contributed by atoms with Crippen molar-refractivity contribution in [3.63, 3.8) is 0 Å². The fraction of sp³-hybridized carbons (Fsp3) is 0.800. The minimum Gasteiger partial charge on any atom is -0.314 e. The molecule has 0 atom stereocenters. The molecule has 1 aliphatic carbocycles. The summed E-state index contributed by atoms with van der Waals surface area (Å²) < 4.78 is 2.25. The van der Waals surface area contributed by atoms with Crippen LogP contribution in [0, 0.1) is 0 Å². The molecule has 2 rings (SSSR count). The van der Waals surface area contributed by atoms with E-state index in [1.165, 1.54) is 31.5 Å². The largest absolute Gasteiger partial charge is 0.314 e. The molecule has 0 spiro atoms. The second kappa shape index (κ2) is 4.43. The summed E-state index contributed by atoms with van der Waals surface area (Å²) in [6, 6.07) is 0. The molecule has 1 aliphatic rings. The maximum atomic E-state index is 4.32. The molecule has 0 aromatic carbocycles. The molecule has 0 amide bonds. The van der Waals surface area contributed by atoms with Crippen LogP contribution >= 0.6 is 15.9 Å². The molecule has 0 N–H and O–H groups in total. The molecule has 1 aromatic heterocycles. The van der Waals surface area contributed by atoms with Crippen LogP contribution in [0.5, 0.6) is 0 Å². The molecule has 1 saturated carbocycles. The Morgan fingerprint density at radius 3 is 2.64 bits per heavy atom. The second-order valence-corrected chi connectivity index (χ2v) is 4.39. The summed E-state index contributed by atoms with van der Waals surface area (Å²) in [6.07, 6.45) is 5.29. The number of hydrogen-bond donors (Lipinski definition) is 0. The summed E-state index contributed by atoms with van der Waals surface area (Å²) in [5.41, 5.74) is 0. The zero-order chi connectivity index (χ0) is 9.97. The normalized spacial score (nSPS) is 17.9. The first-order valence-corrected chi connectivity index (χ1v) is 6.47. The van der Waals surface area contributed by atoms with E-state index in [1.807, 2.05) is 0 Å². The average Bonchev–Trinajstić information content (AvgIpc) is 2.85. The van der Waals surface area contributed by atoms with Crippen molar-refractivity contribution in [2.75, 3.05) is 0 Å². The summed E-state index contributed by atoms with van der Waals surface area (Å²) in [4.78, 5) is 0. The lowest BCUT2D eigenvalue weighted by molar-refractivity contribution is 0.592. The van der Waals surface area contributed by atoms with Gasteiger partial charge in [-0.1, -0.05) is 28.8 Å². The van der Waals surface area contributed by atoms with Crippen LogP contribution in [-0.4, -0.2) is 14.8 Å². The predicted molar refractivity (Wildman–Crippen MR) is 59.5 cm³/mol. The van der Waals surface area contributed by atoms with Gasteiger partial charge < -0.3 is 4.57 Å². The van der Waals surface area contributed by atoms with Crippen LogP contribution in [0.2, 0.25) is 0 Å². The highest BCUT2D eigenvalue weighted by Crippen LogP contribution is 2.33. The van der Waals surface area contributed by atoms with Gasteiger partial charge in [-0.3, -0.25) is 0 Å². The number of aromatic nitrogens is 3. The Morgan fingerprint density at radius 1 is 1.36 bits per heavy atom. The molecule has 0 aliphatic heterocycles. The number of nitrogens with zero attached hydrogens (tertiary/aromatic N) is 3. The van der Waals surface area contributed by atoms with Crippen molar-refractivity contribution in [1.29, 1.82) is 0 Å². The van der Waals surface area contributed by atoms with Gasteiger partial charge in [-0.05, 0) is 19.8 Å². The van der Waals surface area contributed by atoms with E-state index in [0.717, 1.165) is 17.7 Å². The van der Waals surface area contributed by atoms with Crippen LogP contribution in [-0.2, 0) is 11.9 Å². The third-order valence-electron chi connectivity index (χ3n) is 3.01. The Balaban J connectivity index is 2.27. The van der Waals surface area contributed by atoms with Crippen molar-refractivity contribution >= 4 is 15.9 Å². The Labute approximate surface area is 93.0 Å². The van der Waals surface area contributed by atoms with E-state index < -0.39 is 0 Å². The van der Waals surface area contributed by atoms with Crippen LogP contribution in [0.4, 0.5) is 0 Å². The summed E-state index contributed by atoms with van der Waals surface area (Å²) in [5.74, 6) is 2.93.